The third-order valence-electron chi connectivity index (χ3n) is 4.94. The summed E-state index contributed by atoms with van der Waals surface area (Å²) in [4.78, 5) is 16.4. The number of likely N-dealkylation sites (tertiary alicyclic amines) is 1. The lowest BCUT2D eigenvalue weighted by molar-refractivity contribution is -0.141. The first kappa shape index (κ1) is 16.7. The average Bonchev–Trinajstić information content (AvgIpc) is 2.61. The second-order valence-electron chi connectivity index (χ2n) is 6.63. The topological polar surface area (TPSA) is 47.3 Å². The molecule has 2 saturated heterocycles. The summed E-state index contributed by atoms with van der Waals surface area (Å²) >= 11 is 0. The summed E-state index contributed by atoms with van der Waals surface area (Å²) in [5, 5.41) is 8.87. The first-order valence-electron chi connectivity index (χ1n) is 8.40. The molecule has 0 bridgehead atoms. The molecule has 1 amide bonds. The molecule has 2 fully saturated rings. The van der Waals surface area contributed by atoms with Crippen LogP contribution in [0.4, 0.5) is 14.5 Å². The first-order valence-corrected chi connectivity index (χ1v) is 8.40. The third kappa shape index (κ3) is 3.66. The number of amides is 1. The maximum atomic E-state index is 13.3. The van der Waals surface area contributed by atoms with Gasteiger partial charge < -0.3 is 9.80 Å². The van der Waals surface area contributed by atoms with Crippen molar-refractivity contribution in [2.24, 2.45) is 5.92 Å². The van der Waals surface area contributed by atoms with Crippen LogP contribution in [0.2, 0.25) is 0 Å². The maximum Gasteiger partial charge on any atom is 0.251 e. The van der Waals surface area contributed by atoms with Gasteiger partial charge in [-0.05, 0) is 37.1 Å². The molecule has 4 nitrogen and oxygen atoms in total. The Bertz CT molecular complexity index is 629. The molecular formula is C18H21F2N3O. The molecular weight excluding hydrogens is 312 g/mol. The fraction of sp³-hybridized carbons (Fsp3) is 0.556. The Labute approximate surface area is 140 Å². The highest BCUT2D eigenvalue weighted by Gasteiger charge is 2.38. The number of carbonyl (C=O) groups is 1. The van der Waals surface area contributed by atoms with Gasteiger partial charge in [-0.1, -0.05) is 0 Å². The molecule has 2 aliphatic heterocycles. The average molecular weight is 333 g/mol. The Balaban J connectivity index is 1.62. The summed E-state index contributed by atoms with van der Waals surface area (Å²) in [7, 11) is 0. The van der Waals surface area contributed by atoms with E-state index in [2.05, 4.69) is 11.0 Å². The molecule has 0 spiro atoms. The van der Waals surface area contributed by atoms with Crippen LogP contribution in [0, 0.1) is 17.2 Å². The van der Waals surface area contributed by atoms with Gasteiger partial charge in [-0.15, -0.1) is 0 Å². The summed E-state index contributed by atoms with van der Waals surface area (Å²) in [6.07, 6.45) is 1.24. The molecule has 1 atom stereocenters. The van der Waals surface area contributed by atoms with E-state index in [1.165, 1.54) is 0 Å². The van der Waals surface area contributed by atoms with E-state index in [-0.39, 0.29) is 37.8 Å². The Morgan fingerprint density at radius 1 is 1.17 bits per heavy atom. The number of halogens is 2. The summed E-state index contributed by atoms with van der Waals surface area (Å²) in [6.45, 7) is 1.78. The molecule has 0 saturated carbocycles. The minimum absolute atomic E-state index is 0.00356. The second-order valence-corrected chi connectivity index (χ2v) is 6.63. The molecule has 0 radical (unpaired) electrons. The number of benzene rings is 1. The molecule has 1 aromatic carbocycles. The van der Waals surface area contributed by atoms with Crippen LogP contribution in [0.5, 0.6) is 0 Å². The van der Waals surface area contributed by atoms with Gasteiger partial charge in [0, 0.05) is 44.7 Å². The highest BCUT2D eigenvalue weighted by molar-refractivity contribution is 5.80. The molecule has 0 aliphatic carbocycles. The van der Waals surface area contributed by atoms with E-state index in [4.69, 9.17) is 5.26 Å². The number of rotatable bonds is 2. The van der Waals surface area contributed by atoms with Gasteiger partial charge in [0.15, 0.2) is 0 Å². The van der Waals surface area contributed by atoms with Crippen LogP contribution in [0.1, 0.15) is 31.2 Å². The molecule has 2 aliphatic rings. The van der Waals surface area contributed by atoms with E-state index >= 15 is 0 Å². The lowest BCUT2D eigenvalue weighted by Gasteiger charge is -2.38. The van der Waals surface area contributed by atoms with Crippen molar-refractivity contribution in [1.82, 2.24) is 4.90 Å². The number of alkyl halides is 2. The smallest absolute Gasteiger partial charge is 0.251 e. The maximum absolute atomic E-state index is 13.3. The molecule has 0 aromatic heterocycles. The predicted octanol–water partition coefficient (Wildman–Crippen LogP) is 3.03. The van der Waals surface area contributed by atoms with Crippen molar-refractivity contribution in [3.8, 4) is 6.07 Å². The zero-order valence-corrected chi connectivity index (χ0v) is 13.5. The summed E-state index contributed by atoms with van der Waals surface area (Å²) in [5.41, 5.74) is 1.61. The van der Waals surface area contributed by atoms with Crippen molar-refractivity contribution in [1.29, 1.82) is 5.26 Å². The van der Waals surface area contributed by atoms with Crippen LogP contribution in [0.15, 0.2) is 24.3 Å². The fourth-order valence-electron chi connectivity index (χ4n) is 3.47. The quantitative estimate of drug-likeness (QED) is 0.836. The molecule has 0 N–H and O–H groups in total. The highest BCUT2D eigenvalue weighted by atomic mass is 19.3. The van der Waals surface area contributed by atoms with Crippen LogP contribution in [0.3, 0.4) is 0 Å². The van der Waals surface area contributed by atoms with Gasteiger partial charge in [0.25, 0.3) is 5.92 Å². The lowest BCUT2D eigenvalue weighted by Crippen LogP contribution is -2.49. The SMILES string of the molecule is N#Cc1ccc(N2CCCC(C(=O)N3CCC(F)(F)CC3)C2)cc1. The molecule has 1 unspecified atom stereocenters. The van der Waals surface area contributed by atoms with Crippen LogP contribution >= 0.6 is 0 Å². The Hall–Kier alpha value is -2.16. The number of piperidine rings is 2. The molecule has 2 heterocycles. The number of nitrogens with zero attached hydrogens (tertiary/aromatic N) is 3. The molecule has 6 heteroatoms. The third-order valence-corrected chi connectivity index (χ3v) is 4.94. The minimum atomic E-state index is -2.63. The van der Waals surface area contributed by atoms with E-state index in [1.54, 1.807) is 17.0 Å². The largest absolute Gasteiger partial charge is 0.371 e. The monoisotopic (exact) mass is 333 g/mol. The Morgan fingerprint density at radius 2 is 1.83 bits per heavy atom. The summed E-state index contributed by atoms with van der Waals surface area (Å²) in [6, 6.07) is 9.43. The van der Waals surface area contributed by atoms with Gasteiger partial charge in [0.2, 0.25) is 5.91 Å². The van der Waals surface area contributed by atoms with Crippen LogP contribution < -0.4 is 4.90 Å². The van der Waals surface area contributed by atoms with Crippen molar-refractivity contribution >= 4 is 11.6 Å². The number of nitriles is 1. The number of carbonyl (C=O) groups excluding carboxylic acids is 1. The van der Waals surface area contributed by atoms with Gasteiger partial charge in [-0.25, -0.2) is 8.78 Å². The number of hydrogen-bond donors (Lipinski definition) is 0. The van der Waals surface area contributed by atoms with Gasteiger partial charge in [0.05, 0.1) is 17.6 Å². The zero-order valence-electron chi connectivity index (χ0n) is 13.5. The Kier molecular flexibility index (Phi) is 4.70. The predicted molar refractivity (Wildman–Crippen MR) is 86.9 cm³/mol. The van der Waals surface area contributed by atoms with E-state index in [0.29, 0.717) is 12.1 Å². The molecule has 3 rings (SSSR count). The highest BCUT2D eigenvalue weighted by Crippen LogP contribution is 2.30. The van der Waals surface area contributed by atoms with Gasteiger partial charge in [-0.2, -0.15) is 5.26 Å². The van der Waals surface area contributed by atoms with E-state index < -0.39 is 5.92 Å². The first-order chi connectivity index (χ1) is 11.5. The molecule has 1 aromatic rings. The standard InChI is InChI=1S/C18H21F2N3O/c19-18(20)7-10-22(11-8-18)17(24)15-2-1-9-23(13-15)16-5-3-14(12-21)4-6-16/h3-6,15H,1-2,7-11,13H2. The van der Waals surface area contributed by atoms with Crippen molar-refractivity contribution in [3.63, 3.8) is 0 Å². The van der Waals surface area contributed by atoms with Crippen molar-refractivity contribution in [3.05, 3.63) is 29.8 Å². The van der Waals surface area contributed by atoms with Crippen molar-refractivity contribution < 1.29 is 13.6 Å². The molecule has 128 valence electrons. The van der Waals surface area contributed by atoms with Gasteiger partial charge in [0.1, 0.15) is 0 Å². The van der Waals surface area contributed by atoms with Crippen molar-refractivity contribution in [2.45, 2.75) is 31.6 Å². The van der Waals surface area contributed by atoms with Crippen LogP contribution in [-0.4, -0.2) is 42.9 Å². The second kappa shape index (κ2) is 6.76. The summed E-state index contributed by atoms with van der Waals surface area (Å²) in [5.74, 6) is -2.76. The van der Waals surface area contributed by atoms with Gasteiger partial charge in [-0.3, -0.25) is 4.79 Å². The number of anilines is 1. The zero-order chi connectivity index (χ0) is 17.2. The van der Waals surface area contributed by atoms with E-state index in [1.807, 2.05) is 12.1 Å². The number of hydrogen-bond acceptors (Lipinski definition) is 3. The fourth-order valence-corrected chi connectivity index (χ4v) is 3.47. The lowest BCUT2D eigenvalue weighted by atomic mass is 9.94. The van der Waals surface area contributed by atoms with Gasteiger partial charge >= 0.3 is 0 Å². The van der Waals surface area contributed by atoms with Crippen molar-refractivity contribution in [2.75, 3.05) is 31.1 Å². The van der Waals surface area contributed by atoms with E-state index in [9.17, 15) is 13.6 Å². The summed E-state index contributed by atoms with van der Waals surface area (Å²) < 4.78 is 26.5. The van der Waals surface area contributed by atoms with Crippen LogP contribution in [-0.2, 0) is 4.79 Å². The Morgan fingerprint density at radius 3 is 2.46 bits per heavy atom. The minimum Gasteiger partial charge on any atom is -0.371 e. The van der Waals surface area contributed by atoms with Crippen LogP contribution in [0.25, 0.3) is 0 Å². The molecule has 24 heavy (non-hydrogen) atoms. The normalized spacial score (nSPS) is 23.6. The van der Waals surface area contributed by atoms with E-state index in [0.717, 1.165) is 25.1 Å².